The van der Waals surface area contributed by atoms with Crippen molar-refractivity contribution in [1.82, 2.24) is 5.32 Å². The summed E-state index contributed by atoms with van der Waals surface area (Å²) in [6.45, 7) is 2.28. The highest BCUT2D eigenvalue weighted by molar-refractivity contribution is 6.35. The Morgan fingerprint density at radius 3 is 2.65 bits per heavy atom. The van der Waals surface area contributed by atoms with Crippen molar-refractivity contribution in [1.29, 1.82) is 0 Å². The van der Waals surface area contributed by atoms with Gasteiger partial charge in [0.1, 0.15) is 5.75 Å². The molecule has 0 aliphatic heterocycles. The first kappa shape index (κ1) is 20.1. The molecule has 0 bridgehead atoms. The molecule has 7 heteroatoms. The van der Waals surface area contributed by atoms with Gasteiger partial charge in [-0.3, -0.25) is 9.59 Å². The van der Waals surface area contributed by atoms with Gasteiger partial charge in [0.15, 0.2) is 0 Å². The molecule has 0 spiro atoms. The van der Waals surface area contributed by atoms with Gasteiger partial charge in [0.05, 0.1) is 23.9 Å². The van der Waals surface area contributed by atoms with Crippen LogP contribution in [0.3, 0.4) is 0 Å². The lowest BCUT2D eigenvalue weighted by molar-refractivity contribution is -0.124. The number of halogens is 2. The molecule has 0 radical (unpaired) electrons. The molecule has 0 fully saturated rings. The zero-order valence-corrected chi connectivity index (χ0v) is 15.9. The molecule has 0 aliphatic carbocycles. The van der Waals surface area contributed by atoms with Crippen LogP contribution in [0.1, 0.15) is 18.4 Å². The van der Waals surface area contributed by atoms with E-state index in [0.717, 1.165) is 11.3 Å². The highest BCUT2D eigenvalue weighted by atomic mass is 35.5. The molecule has 2 N–H and O–H groups in total. The number of carbonyl (C=O) groups is 2. The molecule has 0 atom stereocenters. The van der Waals surface area contributed by atoms with Crippen LogP contribution in [0.2, 0.25) is 10.0 Å². The first-order chi connectivity index (χ1) is 12.4. The smallest absolute Gasteiger partial charge is 0.243 e. The third kappa shape index (κ3) is 6.94. The average molecular weight is 395 g/mol. The van der Waals surface area contributed by atoms with Gasteiger partial charge in [0.25, 0.3) is 0 Å². The summed E-state index contributed by atoms with van der Waals surface area (Å²) in [5.41, 5.74) is 1.52. The molecule has 2 aromatic rings. The quantitative estimate of drug-likeness (QED) is 0.658. The normalized spacial score (nSPS) is 10.3. The first-order valence-corrected chi connectivity index (χ1v) is 8.91. The number of benzene rings is 2. The third-order valence-corrected chi connectivity index (χ3v) is 4.02. The Kier molecular flexibility index (Phi) is 7.75. The van der Waals surface area contributed by atoms with E-state index in [1.807, 2.05) is 31.2 Å². The average Bonchev–Trinajstić information content (AvgIpc) is 2.60. The Hall–Kier alpha value is -2.24. The van der Waals surface area contributed by atoms with Crippen LogP contribution in [0.15, 0.2) is 42.5 Å². The van der Waals surface area contributed by atoms with Crippen molar-refractivity contribution in [2.75, 3.05) is 18.5 Å². The van der Waals surface area contributed by atoms with Gasteiger partial charge in [-0.1, -0.05) is 35.3 Å². The molecule has 0 unspecified atom stereocenters. The van der Waals surface area contributed by atoms with E-state index in [0.29, 0.717) is 28.8 Å². The number of amides is 2. The first-order valence-electron chi connectivity index (χ1n) is 8.15. The zero-order valence-electron chi connectivity index (χ0n) is 14.4. The van der Waals surface area contributed by atoms with Crippen molar-refractivity contribution >= 4 is 40.7 Å². The van der Waals surface area contributed by atoms with E-state index < -0.39 is 0 Å². The van der Waals surface area contributed by atoms with Gasteiger partial charge in [0, 0.05) is 11.4 Å². The van der Waals surface area contributed by atoms with Gasteiger partial charge < -0.3 is 15.4 Å². The number of ether oxygens (including phenoxy) is 1. The Labute approximate surface area is 162 Å². The third-order valence-electron chi connectivity index (χ3n) is 3.46. The van der Waals surface area contributed by atoms with Crippen LogP contribution in [0.4, 0.5) is 5.69 Å². The van der Waals surface area contributed by atoms with Gasteiger partial charge in [-0.2, -0.15) is 0 Å². The summed E-state index contributed by atoms with van der Waals surface area (Å²) in [5, 5.41) is 6.01. The van der Waals surface area contributed by atoms with Crippen LogP contribution in [0, 0.1) is 6.92 Å². The van der Waals surface area contributed by atoms with Gasteiger partial charge >= 0.3 is 0 Å². The largest absolute Gasteiger partial charge is 0.494 e. The second-order valence-electron chi connectivity index (χ2n) is 5.72. The number of rotatable bonds is 8. The molecule has 2 rings (SSSR count). The minimum atomic E-state index is -0.376. The topological polar surface area (TPSA) is 67.4 Å². The molecule has 138 valence electrons. The zero-order chi connectivity index (χ0) is 18.9. The van der Waals surface area contributed by atoms with Gasteiger partial charge in [0.2, 0.25) is 11.8 Å². The van der Waals surface area contributed by atoms with Crippen LogP contribution in [0.25, 0.3) is 0 Å². The molecule has 26 heavy (non-hydrogen) atoms. The molecule has 0 aliphatic rings. The molecule has 2 aromatic carbocycles. The fourth-order valence-corrected chi connectivity index (χ4v) is 2.52. The summed E-state index contributed by atoms with van der Waals surface area (Å²) in [5.74, 6) is 0.187. The number of hydrogen-bond acceptors (Lipinski definition) is 3. The van der Waals surface area contributed by atoms with E-state index in [9.17, 15) is 9.59 Å². The standard InChI is InChI=1S/C19H20Cl2N2O3/c1-13-4-2-5-15(10-13)26-9-3-6-18(24)22-12-19(25)23-17-11-14(20)7-8-16(17)21/h2,4-5,7-8,10-11H,3,6,9,12H2,1H3,(H,22,24)(H,23,25). The van der Waals surface area contributed by atoms with Crippen molar-refractivity contribution in [3.8, 4) is 5.75 Å². The predicted octanol–water partition coefficient (Wildman–Crippen LogP) is 4.22. The monoisotopic (exact) mass is 394 g/mol. The van der Waals surface area contributed by atoms with Crippen molar-refractivity contribution in [3.05, 3.63) is 58.1 Å². The van der Waals surface area contributed by atoms with Crippen LogP contribution in [0.5, 0.6) is 5.75 Å². The van der Waals surface area contributed by atoms with E-state index in [1.54, 1.807) is 18.2 Å². The predicted molar refractivity (Wildman–Crippen MR) is 104 cm³/mol. The number of aryl methyl sites for hydroxylation is 1. The lowest BCUT2D eigenvalue weighted by Crippen LogP contribution is -2.32. The minimum Gasteiger partial charge on any atom is -0.494 e. The molecule has 0 saturated heterocycles. The number of nitrogens with one attached hydrogen (secondary N) is 2. The van der Waals surface area contributed by atoms with E-state index in [-0.39, 0.29) is 24.8 Å². The van der Waals surface area contributed by atoms with Gasteiger partial charge in [-0.05, 0) is 49.2 Å². The lowest BCUT2D eigenvalue weighted by atomic mass is 10.2. The summed E-state index contributed by atoms with van der Waals surface area (Å²) in [6, 6.07) is 12.5. The Morgan fingerprint density at radius 2 is 1.88 bits per heavy atom. The fraction of sp³-hybridized carbons (Fsp3) is 0.263. The maximum Gasteiger partial charge on any atom is 0.243 e. The molecular formula is C19H20Cl2N2O3. The van der Waals surface area contributed by atoms with E-state index in [1.165, 1.54) is 0 Å². The highest BCUT2D eigenvalue weighted by Gasteiger charge is 2.08. The Balaban J connectivity index is 1.65. The fourth-order valence-electron chi connectivity index (χ4n) is 2.18. The van der Waals surface area contributed by atoms with Crippen LogP contribution in [-0.4, -0.2) is 25.0 Å². The second-order valence-corrected chi connectivity index (χ2v) is 6.56. The molecule has 0 heterocycles. The van der Waals surface area contributed by atoms with Crippen molar-refractivity contribution < 1.29 is 14.3 Å². The van der Waals surface area contributed by atoms with E-state index in [4.69, 9.17) is 27.9 Å². The SMILES string of the molecule is Cc1cccc(OCCCC(=O)NCC(=O)Nc2cc(Cl)ccc2Cl)c1. The molecule has 0 saturated carbocycles. The molecule has 0 aromatic heterocycles. The van der Waals surface area contributed by atoms with Crippen LogP contribution in [-0.2, 0) is 9.59 Å². The highest BCUT2D eigenvalue weighted by Crippen LogP contribution is 2.25. The van der Waals surface area contributed by atoms with Crippen molar-refractivity contribution in [2.45, 2.75) is 19.8 Å². The molecule has 5 nitrogen and oxygen atoms in total. The second kappa shape index (κ2) is 10.0. The van der Waals surface area contributed by atoms with Gasteiger partial charge in [-0.25, -0.2) is 0 Å². The maximum atomic E-state index is 11.9. The summed E-state index contributed by atoms with van der Waals surface area (Å²) in [4.78, 5) is 23.7. The molecule has 2 amide bonds. The number of anilines is 1. The number of carbonyl (C=O) groups excluding carboxylic acids is 2. The summed E-state index contributed by atoms with van der Waals surface area (Å²) in [6.07, 6.45) is 0.832. The van der Waals surface area contributed by atoms with Crippen molar-refractivity contribution in [2.24, 2.45) is 0 Å². The summed E-state index contributed by atoms with van der Waals surface area (Å²) < 4.78 is 5.58. The van der Waals surface area contributed by atoms with Gasteiger partial charge in [-0.15, -0.1) is 0 Å². The summed E-state index contributed by atoms with van der Waals surface area (Å²) >= 11 is 11.8. The van der Waals surface area contributed by atoms with E-state index >= 15 is 0 Å². The van der Waals surface area contributed by atoms with Crippen LogP contribution >= 0.6 is 23.2 Å². The lowest BCUT2D eigenvalue weighted by Gasteiger charge is -2.09. The van der Waals surface area contributed by atoms with Crippen LogP contribution < -0.4 is 15.4 Å². The maximum absolute atomic E-state index is 11.9. The van der Waals surface area contributed by atoms with Crippen molar-refractivity contribution in [3.63, 3.8) is 0 Å². The number of hydrogen-bond donors (Lipinski definition) is 2. The Bertz CT molecular complexity index is 781. The van der Waals surface area contributed by atoms with E-state index in [2.05, 4.69) is 10.6 Å². The molecular weight excluding hydrogens is 375 g/mol. The minimum absolute atomic E-state index is 0.138. The summed E-state index contributed by atoms with van der Waals surface area (Å²) in [7, 11) is 0. The Morgan fingerprint density at radius 1 is 1.08 bits per heavy atom.